The number of hydrogen-bond donors (Lipinski definition) is 1. The normalized spacial score (nSPS) is 12.6. The number of likely N-dealkylation sites (N-methyl/N-ethyl adjacent to an activating group) is 1. The first-order chi connectivity index (χ1) is 9.31. The highest BCUT2D eigenvalue weighted by molar-refractivity contribution is 5.16. The van der Waals surface area contributed by atoms with Gasteiger partial charge in [0.2, 0.25) is 0 Å². The Hall–Kier alpha value is -1.71. The molecular weight excluding hydrogens is 234 g/mol. The molecule has 1 unspecified atom stereocenters. The Bertz CT molecular complexity index is 470. The number of rotatable bonds is 6. The number of benzene rings is 1. The summed E-state index contributed by atoms with van der Waals surface area (Å²) in [6, 6.07) is 14.8. The monoisotopic (exact) mass is 255 g/mol. The fourth-order valence-electron chi connectivity index (χ4n) is 2.25. The van der Waals surface area contributed by atoms with Crippen LogP contribution in [0.4, 0.5) is 0 Å². The number of pyridine rings is 1. The molecule has 0 bridgehead atoms. The smallest absolute Gasteiger partial charge is 0.0482 e. The van der Waals surface area contributed by atoms with Crippen molar-refractivity contribution in [2.24, 2.45) is 5.73 Å². The van der Waals surface area contributed by atoms with E-state index in [9.17, 15) is 0 Å². The Balaban J connectivity index is 1.96. The quantitative estimate of drug-likeness (QED) is 0.861. The van der Waals surface area contributed by atoms with Crippen molar-refractivity contribution in [3.05, 3.63) is 66.0 Å². The standard InChI is InChI=1S/C16H21N3/c1-19(11-9-14-6-3-2-4-7-14)16(12-17)15-8-5-10-18-13-15/h2-8,10,13,16H,9,11-12,17H2,1H3. The van der Waals surface area contributed by atoms with Gasteiger partial charge in [-0.25, -0.2) is 0 Å². The second-order valence-electron chi connectivity index (χ2n) is 4.75. The third-order valence-corrected chi connectivity index (χ3v) is 3.42. The lowest BCUT2D eigenvalue weighted by Gasteiger charge is -2.27. The van der Waals surface area contributed by atoms with Crippen LogP contribution in [0.5, 0.6) is 0 Å². The molecule has 19 heavy (non-hydrogen) atoms. The van der Waals surface area contributed by atoms with Crippen molar-refractivity contribution in [3.63, 3.8) is 0 Å². The summed E-state index contributed by atoms with van der Waals surface area (Å²) in [4.78, 5) is 6.47. The summed E-state index contributed by atoms with van der Waals surface area (Å²) in [5.41, 5.74) is 8.44. The number of nitrogens with zero attached hydrogens (tertiary/aromatic N) is 2. The Morgan fingerprint density at radius 1 is 1.16 bits per heavy atom. The van der Waals surface area contributed by atoms with Gasteiger partial charge in [-0.1, -0.05) is 36.4 Å². The molecule has 2 rings (SSSR count). The molecule has 0 aliphatic carbocycles. The second-order valence-corrected chi connectivity index (χ2v) is 4.75. The summed E-state index contributed by atoms with van der Waals surface area (Å²) in [6.07, 6.45) is 4.73. The van der Waals surface area contributed by atoms with E-state index in [1.165, 1.54) is 11.1 Å². The Morgan fingerprint density at radius 2 is 1.95 bits per heavy atom. The summed E-state index contributed by atoms with van der Waals surface area (Å²) in [5.74, 6) is 0. The van der Waals surface area contributed by atoms with Crippen LogP contribution in [0, 0.1) is 0 Å². The molecule has 1 heterocycles. The van der Waals surface area contributed by atoms with Gasteiger partial charge in [-0.3, -0.25) is 9.88 Å². The van der Waals surface area contributed by atoms with Gasteiger partial charge in [0.1, 0.15) is 0 Å². The van der Waals surface area contributed by atoms with Gasteiger partial charge in [-0.05, 0) is 30.7 Å². The molecule has 2 N–H and O–H groups in total. The average Bonchev–Trinajstić information content (AvgIpc) is 2.48. The highest BCUT2D eigenvalue weighted by Gasteiger charge is 2.14. The van der Waals surface area contributed by atoms with Gasteiger partial charge >= 0.3 is 0 Å². The van der Waals surface area contributed by atoms with Gasteiger partial charge in [0, 0.05) is 31.5 Å². The molecule has 3 heteroatoms. The molecule has 0 aliphatic rings. The minimum absolute atomic E-state index is 0.234. The van der Waals surface area contributed by atoms with Crippen molar-refractivity contribution in [1.29, 1.82) is 0 Å². The van der Waals surface area contributed by atoms with Gasteiger partial charge in [0.15, 0.2) is 0 Å². The number of aromatic nitrogens is 1. The molecule has 1 aromatic heterocycles. The SMILES string of the molecule is CN(CCc1ccccc1)C(CN)c1cccnc1. The molecule has 0 aliphatic heterocycles. The van der Waals surface area contributed by atoms with Gasteiger partial charge < -0.3 is 5.73 Å². The second kappa shape index (κ2) is 7.02. The topological polar surface area (TPSA) is 42.1 Å². The van der Waals surface area contributed by atoms with Crippen LogP contribution in [0.2, 0.25) is 0 Å². The van der Waals surface area contributed by atoms with E-state index in [-0.39, 0.29) is 6.04 Å². The predicted molar refractivity (Wildman–Crippen MR) is 78.8 cm³/mol. The maximum absolute atomic E-state index is 5.91. The van der Waals surface area contributed by atoms with Crippen LogP contribution < -0.4 is 5.73 Å². The average molecular weight is 255 g/mol. The maximum atomic E-state index is 5.91. The van der Waals surface area contributed by atoms with Crippen LogP contribution in [0.15, 0.2) is 54.9 Å². The van der Waals surface area contributed by atoms with Crippen LogP contribution in [0.25, 0.3) is 0 Å². The van der Waals surface area contributed by atoms with E-state index in [1.807, 2.05) is 18.3 Å². The first kappa shape index (κ1) is 13.7. The van der Waals surface area contributed by atoms with E-state index < -0.39 is 0 Å². The molecule has 2 aromatic rings. The lowest BCUT2D eigenvalue weighted by molar-refractivity contribution is 0.253. The highest BCUT2D eigenvalue weighted by atomic mass is 15.1. The van der Waals surface area contributed by atoms with E-state index in [0.717, 1.165) is 13.0 Å². The molecule has 0 saturated heterocycles. The molecule has 100 valence electrons. The largest absolute Gasteiger partial charge is 0.329 e. The lowest BCUT2D eigenvalue weighted by atomic mass is 10.1. The predicted octanol–water partition coefficient (Wildman–Crippen LogP) is 2.26. The first-order valence-corrected chi connectivity index (χ1v) is 6.65. The summed E-state index contributed by atoms with van der Waals surface area (Å²) in [6.45, 7) is 1.59. The Morgan fingerprint density at radius 3 is 2.58 bits per heavy atom. The van der Waals surface area contributed by atoms with Crippen molar-refractivity contribution in [2.45, 2.75) is 12.5 Å². The molecule has 0 saturated carbocycles. The van der Waals surface area contributed by atoms with Crippen molar-refractivity contribution in [1.82, 2.24) is 9.88 Å². The van der Waals surface area contributed by atoms with E-state index in [2.05, 4.69) is 47.3 Å². The molecule has 0 fully saturated rings. The maximum Gasteiger partial charge on any atom is 0.0482 e. The molecular formula is C16H21N3. The van der Waals surface area contributed by atoms with Gasteiger partial charge in [0.05, 0.1) is 0 Å². The molecule has 0 spiro atoms. The highest BCUT2D eigenvalue weighted by Crippen LogP contribution is 2.17. The Kier molecular flexibility index (Phi) is 5.07. The van der Waals surface area contributed by atoms with Gasteiger partial charge in [0.25, 0.3) is 0 Å². The number of nitrogens with two attached hydrogens (primary N) is 1. The summed E-state index contributed by atoms with van der Waals surface area (Å²) in [5, 5.41) is 0. The molecule has 3 nitrogen and oxygen atoms in total. The van der Waals surface area contributed by atoms with E-state index in [1.54, 1.807) is 6.20 Å². The van der Waals surface area contributed by atoms with Crippen molar-refractivity contribution >= 4 is 0 Å². The zero-order chi connectivity index (χ0) is 13.5. The fourth-order valence-corrected chi connectivity index (χ4v) is 2.25. The first-order valence-electron chi connectivity index (χ1n) is 6.65. The van der Waals surface area contributed by atoms with E-state index in [0.29, 0.717) is 6.54 Å². The minimum Gasteiger partial charge on any atom is -0.329 e. The zero-order valence-electron chi connectivity index (χ0n) is 11.4. The summed E-state index contributed by atoms with van der Waals surface area (Å²) < 4.78 is 0. The fraction of sp³-hybridized carbons (Fsp3) is 0.312. The van der Waals surface area contributed by atoms with Crippen molar-refractivity contribution in [3.8, 4) is 0 Å². The van der Waals surface area contributed by atoms with Crippen molar-refractivity contribution < 1.29 is 0 Å². The third kappa shape index (κ3) is 3.88. The van der Waals surface area contributed by atoms with Crippen LogP contribution in [-0.2, 0) is 6.42 Å². The lowest BCUT2D eigenvalue weighted by Crippen LogP contribution is -2.32. The van der Waals surface area contributed by atoms with Gasteiger partial charge in [-0.2, -0.15) is 0 Å². The van der Waals surface area contributed by atoms with Crippen molar-refractivity contribution in [2.75, 3.05) is 20.1 Å². The zero-order valence-corrected chi connectivity index (χ0v) is 11.4. The Labute approximate surface area is 115 Å². The van der Waals surface area contributed by atoms with Crippen LogP contribution in [0.3, 0.4) is 0 Å². The van der Waals surface area contributed by atoms with Crippen LogP contribution >= 0.6 is 0 Å². The summed E-state index contributed by atoms with van der Waals surface area (Å²) in [7, 11) is 2.12. The molecule has 0 amide bonds. The van der Waals surface area contributed by atoms with Crippen LogP contribution in [-0.4, -0.2) is 30.0 Å². The molecule has 1 atom stereocenters. The van der Waals surface area contributed by atoms with E-state index >= 15 is 0 Å². The molecule has 0 radical (unpaired) electrons. The summed E-state index contributed by atoms with van der Waals surface area (Å²) >= 11 is 0. The number of hydrogen-bond acceptors (Lipinski definition) is 3. The minimum atomic E-state index is 0.234. The van der Waals surface area contributed by atoms with Gasteiger partial charge in [-0.15, -0.1) is 0 Å². The molecule has 1 aromatic carbocycles. The third-order valence-electron chi connectivity index (χ3n) is 3.42. The van der Waals surface area contributed by atoms with Crippen LogP contribution in [0.1, 0.15) is 17.2 Å². The van der Waals surface area contributed by atoms with E-state index in [4.69, 9.17) is 5.73 Å².